The van der Waals surface area contributed by atoms with E-state index in [-0.39, 0.29) is 29.2 Å². The van der Waals surface area contributed by atoms with Crippen LogP contribution in [-0.2, 0) is 0 Å². The number of benzene rings is 2. The van der Waals surface area contributed by atoms with Crippen molar-refractivity contribution in [2.24, 2.45) is 11.8 Å². The average molecular weight is 461 g/mol. The summed E-state index contributed by atoms with van der Waals surface area (Å²) in [6.45, 7) is 2.57. The molecule has 33 heavy (non-hydrogen) atoms. The normalized spacial score (nSPS) is 25.6. The van der Waals surface area contributed by atoms with Gasteiger partial charge in [-0.05, 0) is 104 Å². The molecule has 2 saturated carbocycles. The molecule has 2 aromatic rings. The molecule has 2 fully saturated rings. The van der Waals surface area contributed by atoms with E-state index in [1.165, 1.54) is 7.11 Å². The summed E-state index contributed by atoms with van der Waals surface area (Å²) in [4.78, 5) is 0. The second-order valence-electron chi connectivity index (χ2n) is 9.83. The Kier molecular flexibility index (Phi) is 7.87. The highest BCUT2D eigenvalue weighted by Gasteiger charge is 2.27. The lowest BCUT2D eigenvalue weighted by Gasteiger charge is -2.29. The van der Waals surface area contributed by atoms with Gasteiger partial charge in [0, 0.05) is 0 Å². The van der Waals surface area contributed by atoms with E-state index in [1.807, 2.05) is 6.07 Å². The molecular weight excluding hydrogens is 425 g/mol. The zero-order valence-electron chi connectivity index (χ0n) is 19.7. The summed E-state index contributed by atoms with van der Waals surface area (Å²) in [6, 6.07) is 8.49. The Hall–Kier alpha value is -2.17. The SMILES string of the molecule is CCC1CCC(c2ccc(OCC3CCC(c4ccc(OC)c(F)c4)CC3)c(F)c2F)CC1. The zero-order chi connectivity index (χ0) is 23.4. The van der Waals surface area contributed by atoms with Crippen molar-refractivity contribution < 1.29 is 22.6 Å². The van der Waals surface area contributed by atoms with Crippen molar-refractivity contribution in [2.45, 2.75) is 76.5 Å². The van der Waals surface area contributed by atoms with Crippen molar-refractivity contribution in [1.29, 1.82) is 0 Å². The van der Waals surface area contributed by atoms with Gasteiger partial charge in [0.25, 0.3) is 0 Å². The maximum absolute atomic E-state index is 14.8. The van der Waals surface area contributed by atoms with Crippen LogP contribution in [0.15, 0.2) is 30.3 Å². The van der Waals surface area contributed by atoms with Gasteiger partial charge in [-0.25, -0.2) is 8.78 Å². The van der Waals surface area contributed by atoms with Crippen molar-refractivity contribution in [3.63, 3.8) is 0 Å². The van der Waals surface area contributed by atoms with E-state index in [0.29, 0.717) is 18.1 Å². The van der Waals surface area contributed by atoms with Gasteiger partial charge < -0.3 is 9.47 Å². The molecule has 0 radical (unpaired) electrons. The number of hydrogen-bond acceptors (Lipinski definition) is 2. The third-order valence-corrected chi connectivity index (χ3v) is 7.91. The van der Waals surface area contributed by atoms with Gasteiger partial charge in [-0.15, -0.1) is 0 Å². The maximum atomic E-state index is 14.8. The fourth-order valence-electron chi connectivity index (χ4n) is 5.66. The summed E-state index contributed by atoms with van der Waals surface area (Å²) in [7, 11) is 1.46. The standard InChI is InChI=1S/C28H35F3O2/c1-3-18-4-10-21(11-5-18)23-13-15-26(28(31)27(23)30)33-17-19-6-8-20(9-7-19)22-12-14-25(32-2)24(29)16-22/h12-16,18-21H,3-11,17H2,1-2H3. The van der Waals surface area contributed by atoms with Gasteiger partial charge in [-0.2, -0.15) is 4.39 Å². The van der Waals surface area contributed by atoms with E-state index in [9.17, 15) is 13.2 Å². The Labute approximate surface area is 195 Å². The third-order valence-electron chi connectivity index (χ3n) is 7.91. The highest BCUT2D eigenvalue weighted by atomic mass is 19.2. The molecule has 0 unspecified atom stereocenters. The van der Waals surface area contributed by atoms with Crippen molar-refractivity contribution in [2.75, 3.05) is 13.7 Å². The van der Waals surface area contributed by atoms with Crippen LogP contribution in [0.2, 0.25) is 0 Å². The Morgan fingerprint density at radius 3 is 2.03 bits per heavy atom. The number of halogens is 3. The second-order valence-corrected chi connectivity index (χ2v) is 9.83. The molecule has 0 bridgehead atoms. The molecule has 0 aromatic heterocycles. The first kappa shape index (κ1) is 24.0. The lowest BCUT2D eigenvalue weighted by Crippen LogP contribution is -2.20. The molecule has 2 aliphatic rings. The molecule has 0 N–H and O–H groups in total. The molecule has 0 amide bonds. The third kappa shape index (κ3) is 5.50. The maximum Gasteiger partial charge on any atom is 0.200 e. The number of hydrogen-bond donors (Lipinski definition) is 0. The first-order valence-corrected chi connectivity index (χ1v) is 12.4. The molecule has 2 aromatic carbocycles. The van der Waals surface area contributed by atoms with Crippen molar-refractivity contribution in [3.05, 3.63) is 58.9 Å². The van der Waals surface area contributed by atoms with Gasteiger partial charge in [0.2, 0.25) is 5.82 Å². The number of ether oxygens (including phenoxy) is 2. The summed E-state index contributed by atoms with van der Waals surface area (Å²) < 4.78 is 54.3. The lowest BCUT2D eigenvalue weighted by atomic mass is 9.77. The first-order chi connectivity index (χ1) is 16.0. The van der Waals surface area contributed by atoms with Gasteiger partial charge >= 0.3 is 0 Å². The molecule has 0 spiro atoms. The highest BCUT2D eigenvalue weighted by Crippen LogP contribution is 2.40. The minimum Gasteiger partial charge on any atom is -0.494 e. The Morgan fingerprint density at radius 2 is 1.39 bits per heavy atom. The molecule has 4 rings (SSSR count). The molecule has 0 aliphatic heterocycles. The minimum atomic E-state index is -0.854. The van der Waals surface area contributed by atoms with Crippen LogP contribution in [0.25, 0.3) is 0 Å². The first-order valence-electron chi connectivity index (χ1n) is 12.4. The molecule has 2 nitrogen and oxygen atoms in total. The van der Waals surface area contributed by atoms with Crippen molar-refractivity contribution in [3.8, 4) is 11.5 Å². The van der Waals surface area contributed by atoms with Crippen LogP contribution in [0, 0.1) is 29.3 Å². The second kappa shape index (κ2) is 10.8. The predicted octanol–water partition coefficient (Wildman–Crippen LogP) is 8.15. The van der Waals surface area contributed by atoms with E-state index in [0.717, 1.165) is 69.3 Å². The molecule has 0 atom stereocenters. The average Bonchev–Trinajstić information content (AvgIpc) is 2.85. The lowest BCUT2D eigenvalue weighted by molar-refractivity contribution is 0.192. The largest absolute Gasteiger partial charge is 0.494 e. The van der Waals surface area contributed by atoms with Crippen LogP contribution in [0.5, 0.6) is 11.5 Å². The van der Waals surface area contributed by atoms with E-state index in [1.54, 1.807) is 24.3 Å². The molecule has 5 heteroatoms. The van der Waals surface area contributed by atoms with Gasteiger partial charge in [0.05, 0.1) is 13.7 Å². The topological polar surface area (TPSA) is 18.5 Å². The quantitative estimate of drug-likeness (QED) is 0.415. The Morgan fingerprint density at radius 1 is 0.758 bits per heavy atom. The monoisotopic (exact) mass is 460 g/mol. The van der Waals surface area contributed by atoms with E-state index < -0.39 is 11.6 Å². The Balaban J connectivity index is 1.30. The highest BCUT2D eigenvalue weighted by molar-refractivity contribution is 5.34. The van der Waals surface area contributed by atoms with Crippen molar-refractivity contribution in [1.82, 2.24) is 0 Å². The van der Waals surface area contributed by atoms with Crippen LogP contribution in [0.3, 0.4) is 0 Å². The van der Waals surface area contributed by atoms with Gasteiger partial charge in [0.1, 0.15) is 0 Å². The van der Waals surface area contributed by atoms with E-state index in [4.69, 9.17) is 9.47 Å². The summed E-state index contributed by atoms with van der Waals surface area (Å²) in [5.41, 5.74) is 1.49. The van der Waals surface area contributed by atoms with Crippen LogP contribution >= 0.6 is 0 Å². The molecular formula is C28H35F3O2. The Bertz CT molecular complexity index is 929. The molecule has 180 valence electrons. The number of methoxy groups -OCH3 is 1. The molecule has 2 aliphatic carbocycles. The fourth-order valence-corrected chi connectivity index (χ4v) is 5.66. The number of rotatable bonds is 7. The van der Waals surface area contributed by atoms with Crippen molar-refractivity contribution >= 4 is 0 Å². The van der Waals surface area contributed by atoms with Gasteiger partial charge in [0.15, 0.2) is 23.1 Å². The van der Waals surface area contributed by atoms with Gasteiger partial charge in [-0.1, -0.05) is 25.5 Å². The zero-order valence-corrected chi connectivity index (χ0v) is 19.7. The summed E-state index contributed by atoms with van der Waals surface area (Å²) in [5, 5.41) is 0. The van der Waals surface area contributed by atoms with Crippen LogP contribution < -0.4 is 9.47 Å². The van der Waals surface area contributed by atoms with E-state index in [2.05, 4.69) is 6.92 Å². The van der Waals surface area contributed by atoms with Crippen LogP contribution in [-0.4, -0.2) is 13.7 Å². The summed E-state index contributed by atoms with van der Waals surface area (Å²) in [6.07, 6.45) is 8.88. The molecule has 0 heterocycles. The predicted molar refractivity (Wildman–Crippen MR) is 124 cm³/mol. The van der Waals surface area contributed by atoms with E-state index >= 15 is 0 Å². The fraction of sp³-hybridized carbons (Fsp3) is 0.571. The van der Waals surface area contributed by atoms with Crippen LogP contribution in [0.1, 0.15) is 87.7 Å². The van der Waals surface area contributed by atoms with Crippen LogP contribution in [0.4, 0.5) is 13.2 Å². The smallest absolute Gasteiger partial charge is 0.200 e. The molecule has 0 saturated heterocycles. The minimum absolute atomic E-state index is 0.0119. The summed E-state index contributed by atoms with van der Waals surface area (Å²) >= 11 is 0. The van der Waals surface area contributed by atoms with Gasteiger partial charge in [-0.3, -0.25) is 0 Å². The summed E-state index contributed by atoms with van der Waals surface area (Å²) in [5.74, 6) is -0.239.